The second-order valence-electron chi connectivity index (χ2n) is 5.69. The van der Waals surface area contributed by atoms with Crippen LogP contribution < -0.4 is 0 Å². The molecule has 0 saturated heterocycles. The van der Waals surface area contributed by atoms with E-state index in [1.807, 2.05) is 0 Å². The zero-order chi connectivity index (χ0) is 18.9. The summed E-state index contributed by atoms with van der Waals surface area (Å²) in [4.78, 5) is 35.8. The lowest BCUT2D eigenvalue weighted by Gasteiger charge is -2.28. The van der Waals surface area contributed by atoms with Gasteiger partial charge < -0.3 is 30.4 Å². The molecule has 0 heterocycles. The van der Waals surface area contributed by atoms with Crippen LogP contribution in [-0.4, -0.2) is 67.3 Å². The lowest BCUT2D eigenvalue weighted by molar-refractivity contribution is -0.136. The minimum atomic E-state index is -1.56. The van der Waals surface area contributed by atoms with Crippen molar-refractivity contribution in [2.75, 3.05) is 7.05 Å². The number of rotatable bonds is 4. The van der Waals surface area contributed by atoms with Gasteiger partial charge in [-0.1, -0.05) is 0 Å². The molecule has 1 amide bonds. The second kappa shape index (κ2) is 6.91. The van der Waals surface area contributed by atoms with Gasteiger partial charge in [-0.25, -0.2) is 0 Å². The normalized spacial score (nSPS) is 20.1. The zero-order valence-electron chi connectivity index (χ0n) is 13.2. The number of amides is 1. The monoisotopic (exact) mass is 351 g/mol. The zero-order valence-corrected chi connectivity index (χ0v) is 13.2. The van der Waals surface area contributed by atoms with Crippen LogP contribution in [0.15, 0.2) is 23.9 Å². The van der Waals surface area contributed by atoms with Crippen LogP contribution >= 0.6 is 0 Å². The first-order valence-electron chi connectivity index (χ1n) is 7.27. The van der Waals surface area contributed by atoms with Crippen molar-refractivity contribution < 1.29 is 39.9 Å². The van der Waals surface area contributed by atoms with Crippen LogP contribution in [0.25, 0.3) is 0 Å². The van der Waals surface area contributed by atoms with E-state index in [0.29, 0.717) is 0 Å². The third-order valence-corrected chi connectivity index (χ3v) is 3.89. The molecule has 25 heavy (non-hydrogen) atoms. The number of ketones is 1. The van der Waals surface area contributed by atoms with Crippen molar-refractivity contribution in [2.45, 2.75) is 25.0 Å². The molecule has 1 aliphatic rings. The van der Waals surface area contributed by atoms with Gasteiger partial charge in [-0.15, -0.1) is 0 Å². The summed E-state index contributed by atoms with van der Waals surface area (Å²) >= 11 is 0. The number of aliphatic hydroxyl groups is 2. The van der Waals surface area contributed by atoms with Crippen LogP contribution in [0.5, 0.6) is 11.5 Å². The maximum Gasteiger partial charge on any atom is 0.307 e. The fourth-order valence-corrected chi connectivity index (χ4v) is 2.46. The lowest BCUT2D eigenvalue weighted by Crippen LogP contribution is -2.40. The van der Waals surface area contributed by atoms with Crippen molar-refractivity contribution >= 4 is 17.7 Å². The molecule has 2 atom stereocenters. The Morgan fingerprint density at radius 1 is 1.20 bits per heavy atom. The average Bonchev–Trinajstić information content (AvgIpc) is 2.53. The number of carboxylic acids is 1. The first kappa shape index (κ1) is 18.4. The molecule has 9 nitrogen and oxygen atoms in total. The Hall–Kier alpha value is -2.91. The molecule has 0 radical (unpaired) electrons. The molecule has 0 fully saturated rings. The highest BCUT2D eigenvalue weighted by Gasteiger charge is 2.32. The van der Waals surface area contributed by atoms with Crippen molar-refractivity contribution in [3.05, 3.63) is 35.0 Å². The molecule has 0 aliphatic heterocycles. The molecule has 0 saturated carbocycles. The van der Waals surface area contributed by atoms with Crippen molar-refractivity contribution in [3.8, 4) is 11.5 Å². The molecule has 0 bridgehead atoms. The van der Waals surface area contributed by atoms with Gasteiger partial charge in [-0.05, 0) is 12.1 Å². The molecule has 134 valence electrons. The summed E-state index contributed by atoms with van der Waals surface area (Å²) in [6, 6.07) is 1.91. The van der Waals surface area contributed by atoms with Crippen molar-refractivity contribution in [2.24, 2.45) is 0 Å². The van der Waals surface area contributed by atoms with Gasteiger partial charge in [0.2, 0.25) is 0 Å². The number of aromatic hydroxyl groups is 2. The topological polar surface area (TPSA) is 156 Å². The lowest BCUT2D eigenvalue weighted by atomic mass is 9.96. The third-order valence-electron chi connectivity index (χ3n) is 3.89. The fourth-order valence-electron chi connectivity index (χ4n) is 2.46. The molecule has 1 aromatic rings. The van der Waals surface area contributed by atoms with Crippen LogP contribution in [0.1, 0.15) is 22.3 Å². The Balaban J connectivity index is 2.31. The number of carbonyl (C=O) groups excluding carboxylic acids is 2. The first-order valence-corrected chi connectivity index (χ1v) is 7.27. The van der Waals surface area contributed by atoms with E-state index in [9.17, 15) is 34.8 Å². The minimum absolute atomic E-state index is 0.0604. The molecule has 1 aliphatic carbocycles. The number of aliphatic carboxylic acids is 1. The minimum Gasteiger partial charge on any atom is -0.508 e. The molecule has 0 aromatic heterocycles. The van der Waals surface area contributed by atoms with Gasteiger partial charge in [0, 0.05) is 30.8 Å². The summed E-state index contributed by atoms with van der Waals surface area (Å²) in [5, 5.41) is 47.6. The SMILES string of the molecule is CN(C(=O)c1cc(O)c(CC(=O)O)cc1O)C1=CC(=O)C(O)C(O)C1. The number of carbonyl (C=O) groups is 3. The van der Waals surface area contributed by atoms with Crippen LogP contribution in [0.4, 0.5) is 0 Å². The molecule has 0 spiro atoms. The summed E-state index contributed by atoms with van der Waals surface area (Å²) in [7, 11) is 1.30. The van der Waals surface area contributed by atoms with Crippen LogP contribution in [0.3, 0.4) is 0 Å². The Bertz CT molecular complexity index is 770. The van der Waals surface area contributed by atoms with Gasteiger partial charge in [0.1, 0.15) is 17.6 Å². The Morgan fingerprint density at radius 3 is 2.40 bits per heavy atom. The van der Waals surface area contributed by atoms with Gasteiger partial charge in [0.15, 0.2) is 5.78 Å². The Kier molecular flexibility index (Phi) is 5.10. The number of nitrogens with zero attached hydrogens (tertiary/aromatic N) is 1. The van der Waals surface area contributed by atoms with E-state index in [1.165, 1.54) is 7.05 Å². The highest BCUT2D eigenvalue weighted by molar-refractivity contribution is 6.00. The molecule has 5 N–H and O–H groups in total. The average molecular weight is 351 g/mol. The number of phenols is 2. The van der Waals surface area contributed by atoms with Crippen molar-refractivity contribution in [1.29, 1.82) is 0 Å². The van der Waals surface area contributed by atoms with Crippen LogP contribution in [-0.2, 0) is 16.0 Å². The maximum absolute atomic E-state index is 12.5. The molecule has 2 rings (SSSR count). The van der Waals surface area contributed by atoms with Crippen molar-refractivity contribution in [1.82, 2.24) is 4.90 Å². The molecule has 2 unspecified atom stereocenters. The Morgan fingerprint density at radius 2 is 1.84 bits per heavy atom. The molecular weight excluding hydrogens is 334 g/mol. The van der Waals surface area contributed by atoms with Gasteiger partial charge in [0.25, 0.3) is 5.91 Å². The summed E-state index contributed by atoms with van der Waals surface area (Å²) in [6.45, 7) is 0. The van der Waals surface area contributed by atoms with Gasteiger partial charge in [-0.2, -0.15) is 0 Å². The quantitative estimate of drug-likeness (QED) is 0.449. The number of benzene rings is 1. The van der Waals surface area contributed by atoms with Crippen LogP contribution in [0, 0.1) is 0 Å². The highest BCUT2D eigenvalue weighted by Crippen LogP contribution is 2.30. The summed E-state index contributed by atoms with van der Waals surface area (Å²) in [5.74, 6) is -3.76. The van der Waals surface area contributed by atoms with Gasteiger partial charge in [-0.3, -0.25) is 14.4 Å². The van der Waals surface area contributed by atoms with Crippen molar-refractivity contribution in [3.63, 3.8) is 0 Å². The summed E-state index contributed by atoms with van der Waals surface area (Å²) < 4.78 is 0. The van der Waals surface area contributed by atoms with Crippen LogP contribution in [0.2, 0.25) is 0 Å². The van der Waals surface area contributed by atoms with E-state index in [1.54, 1.807) is 0 Å². The largest absolute Gasteiger partial charge is 0.508 e. The number of carboxylic acid groups (broad SMARTS) is 1. The highest BCUT2D eigenvalue weighted by atomic mass is 16.4. The van der Waals surface area contributed by atoms with E-state index < -0.39 is 47.8 Å². The number of phenolic OH excluding ortho intramolecular Hbond substituents is 2. The summed E-state index contributed by atoms with van der Waals surface area (Å²) in [5.41, 5.74) is -0.237. The molecule has 9 heteroatoms. The Labute approximate surface area is 142 Å². The van der Waals surface area contributed by atoms with E-state index in [4.69, 9.17) is 5.11 Å². The number of hydrogen-bond acceptors (Lipinski definition) is 7. The molecule has 1 aromatic carbocycles. The van der Waals surface area contributed by atoms with E-state index >= 15 is 0 Å². The van der Waals surface area contributed by atoms with E-state index in [2.05, 4.69) is 0 Å². The van der Waals surface area contributed by atoms with E-state index in [-0.39, 0.29) is 23.2 Å². The van der Waals surface area contributed by atoms with Gasteiger partial charge in [0.05, 0.1) is 18.1 Å². The van der Waals surface area contributed by atoms with E-state index in [0.717, 1.165) is 23.1 Å². The first-order chi connectivity index (χ1) is 11.6. The second-order valence-corrected chi connectivity index (χ2v) is 5.69. The smallest absolute Gasteiger partial charge is 0.307 e. The summed E-state index contributed by atoms with van der Waals surface area (Å²) in [6.07, 6.45) is -2.58. The van der Waals surface area contributed by atoms with Gasteiger partial charge >= 0.3 is 5.97 Å². The fraction of sp³-hybridized carbons (Fsp3) is 0.312. The standard InChI is InChI=1S/C16H17NO8/c1-17(8-4-12(20)15(24)13(21)5-8)16(25)9-6-10(18)7(2-11(9)19)3-14(22)23/h2,4,6,13,15,18-19,21,24H,3,5H2,1H3,(H,22,23). The molecular formula is C16H17NO8. The number of hydrogen-bond donors (Lipinski definition) is 5. The third kappa shape index (κ3) is 3.78. The predicted octanol–water partition coefficient (Wildman–Crippen LogP) is -0.625. The predicted molar refractivity (Wildman–Crippen MR) is 82.9 cm³/mol. The maximum atomic E-state index is 12.5. The number of aliphatic hydroxyl groups excluding tert-OH is 2.